The van der Waals surface area contributed by atoms with E-state index in [9.17, 15) is 14.9 Å². The number of amides is 2. The SMILES string of the molecule is C[C@@]12C[C@]1(C)NC(=O)N2[N+](=O)[O-]. The molecule has 1 heterocycles. The van der Waals surface area contributed by atoms with Crippen LogP contribution in [-0.4, -0.2) is 27.2 Å². The molecule has 2 amide bonds. The van der Waals surface area contributed by atoms with Crippen LogP contribution >= 0.6 is 0 Å². The molecule has 1 N–H and O–H groups in total. The molecular weight excluding hydrogens is 162 g/mol. The molecule has 0 bridgehead atoms. The van der Waals surface area contributed by atoms with Gasteiger partial charge < -0.3 is 5.32 Å². The van der Waals surface area contributed by atoms with Crippen molar-refractivity contribution in [2.24, 2.45) is 0 Å². The number of fused-ring (bicyclic) bond motifs is 1. The van der Waals surface area contributed by atoms with Gasteiger partial charge in [0.2, 0.25) is 0 Å². The molecule has 0 spiro atoms. The minimum Gasteiger partial charge on any atom is -0.326 e. The molecule has 1 saturated carbocycles. The minimum atomic E-state index is -0.645. The largest absolute Gasteiger partial charge is 0.376 e. The van der Waals surface area contributed by atoms with Crippen molar-refractivity contribution >= 4 is 6.03 Å². The zero-order valence-electron chi connectivity index (χ0n) is 6.83. The average molecular weight is 171 g/mol. The van der Waals surface area contributed by atoms with E-state index in [4.69, 9.17) is 0 Å². The molecule has 2 rings (SSSR count). The van der Waals surface area contributed by atoms with Gasteiger partial charge in [-0.05, 0) is 18.9 Å². The van der Waals surface area contributed by atoms with E-state index in [0.29, 0.717) is 11.4 Å². The molecule has 66 valence electrons. The van der Waals surface area contributed by atoms with Gasteiger partial charge in [-0.2, -0.15) is 0 Å². The van der Waals surface area contributed by atoms with Crippen molar-refractivity contribution in [3.8, 4) is 0 Å². The summed E-state index contributed by atoms with van der Waals surface area (Å²) in [6.45, 7) is 3.53. The van der Waals surface area contributed by atoms with Crippen LogP contribution < -0.4 is 5.32 Å². The fraction of sp³-hybridized carbons (Fsp3) is 0.833. The number of urea groups is 1. The monoisotopic (exact) mass is 171 g/mol. The number of hydrogen-bond donors (Lipinski definition) is 1. The second-order valence-electron chi connectivity index (χ2n) is 3.76. The van der Waals surface area contributed by atoms with Crippen LogP contribution in [0.2, 0.25) is 0 Å². The molecule has 2 aliphatic rings. The number of hydrogen-bond acceptors (Lipinski definition) is 3. The summed E-state index contributed by atoms with van der Waals surface area (Å²) in [5.74, 6) is 0. The number of hydrazine groups is 1. The first-order chi connectivity index (χ1) is 5.41. The molecule has 0 unspecified atom stereocenters. The Balaban J connectivity index is 2.36. The Hall–Kier alpha value is -1.33. The number of nitrogens with zero attached hydrogens (tertiary/aromatic N) is 2. The maximum absolute atomic E-state index is 11.0. The van der Waals surface area contributed by atoms with Crippen molar-refractivity contribution < 1.29 is 9.83 Å². The smallest absolute Gasteiger partial charge is 0.326 e. The summed E-state index contributed by atoms with van der Waals surface area (Å²) in [5.41, 5.74) is -1.01. The lowest BCUT2D eigenvalue weighted by Crippen LogP contribution is -2.42. The molecule has 6 nitrogen and oxygen atoms in total. The van der Waals surface area contributed by atoms with Crippen molar-refractivity contribution in [1.29, 1.82) is 0 Å². The molecule has 2 fully saturated rings. The predicted molar refractivity (Wildman–Crippen MR) is 38.8 cm³/mol. The summed E-state index contributed by atoms with van der Waals surface area (Å²) in [5, 5.41) is 13.1. The highest BCUT2D eigenvalue weighted by atomic mass is 16.7. The van der Waals surface area contributed by atoms with Gasteiger partial charge in [0.25, 0.3) is 0 Å². The van der Waals surface area contributed by atoms with Crippen LogP contribution in [0.5, 0.6) is 0 Å². The highest BCUT2D eigenvalue weighted by molar-refractivity contribution is 5.81. The van der Waals surface area contributed by atoms with Crippen LogP contribution in [0.4, 0.5) is 4.79 Å². The third-order valence-corrected chi connectivity index (χ3v) is 2.97. The molecule has 0 aromatic rings. The van der Waals surface area contributed by atoms with E-state index in [2.05, 4.69) is 5.32 Å². The quantitative estimate of drug-likeness (QED) is 0.450. The Morgan fingerprint density at radius 1 is 1.67 bits per heavy atom. The van der Waals surface area contributed by atoms with Gasteiger partial charge in [0.15, 0.2) is 5.03 Å². The van der Waals surface area contributed by atoms with Gasteiger partial charge >= 0.3 is 6.03 Å². The molecule has 0 aromatic carbocycles. The molecule has 6 heteroatoms. The third kappa shape index (κ3) is 0.542. The number of nitro groups is 1. The Morgan fingerprint density at radius 3 is 2.50 bits per heavy atom. The van der Waals surface area contributed by atoms with E-state index in [1.807, 2.05) is 6.92 Å². The van der Waals surface area contributed by atoms with Gasteiger partial charge in [0.1, 0.15) is 5.54 Å². The Bertz CT molecular complexity index is 292. The van der Waals surface area contributed by atoms with Gasteiger partial charge in [0, 0.05) is 6.42 Å². The first kappa shape index (κ1) is 7.33. The maximum atomic E-state index is 11.0. The Labute approximate surface area is 68.6 Å². The fourth-order valence-electron chi connectivity index (χ4n) is 1.90. The zero-order chi connectivity index (χ0) is 9.15. The van der Waals surface area contributed by atoms with E-state index in [0.717, 1.165) is 0 Å². The average Bonchev–Trinajstić information content (AvgIpc) is 2.24. The van der Waals surface area contributed by atoms with E-state index < -0.39 is 22.1 Å². The summed E-state index contributed by atoms with van der Waals surface area (Å²) >= 11 is 0. The van der Waals surface area contributed by atoms with Crippen LogP contribution in [0, 0.1) is 10.1 Å². The Kier molecular flexibility index (Phi) is 0.945. The van der Waals surface area contributed by atoms with E-state index in [1.54, 1.807) is 6.92 Å². The third-order valence-electron chi connectivity index (χ3n) is 2.97. The van der Waals surface area contributed by atoms with Crippen molar-refractivity contribution in [1.82, 2.24) is 10.3 Å². The van der Waals surface area contributed by atoms with E-state index in [1.165, 1.54) is 0 Å². The lowest BCUT2D eigenvalue weighted by atomic mass is 10.2. The maximum Gasteiger partial charge on any atom is 0.376 e. The molecule has 0 aromatic heterocycles. The van der Waals surface area contributed by atoms with E-state index >= 15 is 0 Å². The molecule has 2 atom stereocenters. The molecule has 1 aliphatic heterocycles. The zero-order valence-corrected chi connectivity index (χ0v) is 6.83. The summed E-state index contributed by atoms with van der Waals surface area (Å²) in [7, 11) is 0. The summed E-state index contributed by atoms with van der Waals surface area (Å²) in [4.78, 5) is 21.5. The summed E-state index contributed by atoms with van der Waals surface area (Å²) in [6, 6.07) is -0.601. The lowest BCUT2D eigenvalue weighted by Gasteiger charge is -2.11. The lowest BCUT2D eigenvalue weighted by molar-refractivity contribution is -0.641. The van der Waals surface area contributed by atoms with Crippen LogP contribution in [0.3, 0.4) is 0 Å². The fourth-order valence-corrected chi connectivity index (χ4v) is 1.90. The minimum absolute atomic E-state index is 0.392. The molecule has 12 heavy (non-hydrogen) atoms. The normalized spacial score (nSPS) is 43.8. The topological polar surface area (TPSA) is 75.5 Å². The van der Waals surface area contributed by atoms with Crippen LogP contribution in [0.25, 0.3) is 0 Å². The van der Waals surface area contributed by atoms with Crippen LogP contribution in [-0.2, 0) is 0 Å². The van der Waals surface area contributed by atoms with Crippen molar-refractivity contribution in [2.75, 3.05) is 0 Å². The van der Waals surface area contributed by atoms with Gasteiger partial charge in [0.05, 0.1) is 5.54 Å². The van der Waals surface area contributed by atoms with Crippen molar-refractivity contribution in [3.63, 3.8) is 0 Å². The van der Waals surface area contributed by atoms with Gasteiger partial charge in [-0.3, -0.25) is 0 Å². The number of carbonyl (C=O) groups is 1. The van der Waals surface area contributed by atoms with Crippen LogP contribution in [0.1, 0.15) is 20.3 Å². The second-order valence-corrected chi connectivity index (χ2v) is 3.76. The molecule has 1 aliphatic carbocycles. The predicted octanol–water partition coefficient (Wildman–Crippen LogP) is 0.124. The van der Waals surface area contributed by atoms with Gasteiger partial charge in [-0.1, -0.05) is 0 Å². The second kappa shape index (κ2) is 1.55. The molecule has 0 radical (unpaired) electrons. The standard InChI is InChI=1S/C6H9N3O3/c1-5-3-6(5,2)8(9(11)12)4(10)7-5/h3H2,1-2H3,(H,7,10)/t5-,6+/m0/s1. The van der Waals surface area contributed by atoms with Gasteiger partial charge in [-0.25, -0.2) is 14.9 Å². The van der Waals surface area contributed by atoms with E-state index in [-0.39, 0.29) is 0 Å². The summed E-state index contributed by atoms with van der Waals surface area (Å²) < 4.78 is 0. The van der Waals surface area contributed by atoms with Crippen molar-refractivity contribution in [3.05, 3.63) is 10.1 Å². The molecule has 1 saturated heterocycles. The van der Waals surface area contributed by atoms with Crippen LogP contribution in [0.15, 0.2) is 0 Å². The van der Waals surface area contributed by atoms with Crippen molar-refractivity contribution in [2.45, 2.75) is 31.3 Å². The van der Waals surface area contributed by atoms with Gasteiger partial charge in [-0.15, -0.1) is 0 Å². The highest BCUT2D eigenvalue weighted by Crippen LogP contribution is 2.55. The highest BCUT2D eigenvalue weighted by Gasteiger charge is 2.77. The first-order valence-corrected chi connectivity index (χ1v) is 3.67. The number of nitrogens with one attached hydrogen (secondary N) is 1. The first-order valence-electron chi connectivity index (χ1n) is 3.67. The Morgan fingerprint density at radius 2 is 2.25 bits per heavy atom. The molecular formula is C6H9N3O3. The summed E-state index contributed by atoms with van der Waals surface area (Å²) in [6.07, 6.45) is 0.646. The number of carbonyl (C=O) groups excluding carboxylic acids is 1. The number of rotatable bonds is 1.